The van der Waals surface area contributed by atoms with E-state index in [4.69, 9.17) is 21.3 Å². The number of carbonyl (C=O) groups excluding carboxylic acids is 2. The molecule has 10 nitrogen and oxygen atoms in total. The van der Waals surface area contributed by atoms with Crippen LogP contribution in [-0.4, -0.2) is 55.2 Å². The quantitative estimate of drug-likeness (QED) is 0.471. The van der Waals surface area contributed by atoms with Gasteiger partial charge in [-0.3, -0.25) is 9.48 Å². The summed E-state index contributed by atoms with van der Waals surface area (Å²) in [4.78, 5) is 26.8. The first kappa shape index (κ1) is 27.2. The van der Waals surface area contributed by atoms with E-state index in [1.807, 2.05) is 20.8 Å². The van der Waals surface area contributed by atoms with Crippen LogP contribution < -0.4 is 11.5 Å². The Kier molecular flexibility index (Phi) is 5.78. The fourth-order valence-electron chi connectivity index (χ4n) is 6.85. The molecule has 1 unspecified atom stereocenters. The maximum Gasteiger partial charge on any atom is 0.416 e. The Labute approximate surface area is 234 Å². The highest BCUT2D eigenvalue weighted by atomic mass is 19.4. The number of amides is 2. The predicted molar refractivity (Wildman–Crippen MR) is 143 cm³/mol. The van der Waals surface area contributed by atoms with Gasteiger partial charge in [0.15, 0.2) is 0 Å². The van der Waals surface area contributed by atoms with Crippen LogP contribution in [0, 0.1) is 24.2 Å². The minimum Gasteiger partial charge on any atom is -0.444 e. The second kappa shape index (κ2) is 8.73. The lowest BCUT2D eigenvalue weighted by Crippen LogP contribution is -2.42. The average Bonchev–Trinajstić information content (AvgIpc) is 3.27. The maximum atomic E-state index is 13.2. The summed E-state index contributed by atoms with van der Waals surface area (Å²) in [5.41, 5.74) is 12.8. The molecule has 3 aromatic rings. The monoisotopic (exact) mass is 571 g/mol. The maximum absolute atomic E-state index is 13.2. The first-order chi connectivity index (χ1) is 19.1. The van der Waals surface area contributed by atoms with Gasteiger partial charge in [-0.25, -0.2) is 9.48 Å². The number of nitrogen functional groups attached to an aromatic ring is 1. The zero-order chi connectivity index (χ0) is 29.6. The number of likely N-dealkylation sites (tertiary alicyclic amines) is 1. The molecule has 3 fully saturated rings. The van der Waals surface area contributed by atoms with Crippen LogP contribution in [0.2, 0.25) is 0 Å². The number of rotatable bonds is 5. The van der Waals surface area contributed by atoms with Gasteiger partial charge in [0.25, 0.3) is 5.91 Å². The van der Waals surface area contributed by atoms with Crippen molar-refractivity contribution in [1.29, 1.82) is 0 Å². The fourth-order valence-corrected chi connectivity index (χ4v) is 6.85. The number of carbonyl (C=O) groups is 2. The van der Waals surface area contributed by atoms with Crippen LogP contribution in [0.5, 0.6) is 0 Å². The van der Waals surface area contributed by atoms with Crippen LogP contribution in [0.3, 0.4) is 0 Å². The minimum atomic E-state index is -4.45. The Morgan fingerprint density at radius 1 is 1.20 bits per heavy atom. The third kappa shape index (κ3) is 4.41. The van der Waals surface area contributed by atoms with Crippen molar-refractivity contribution in [3.63, 3.8) is 0 Å². The lowest BCUT2D eigenvalue weighted by Gasteiger charge is -2.37. The minimum absolute atomic E-state index is 0.0127. The van der Waals surface area contributed by atoms with E-state index < -0.39 is 23.2 Å². The van der Waals surface area contributed by atoms with Crippen molar-refractivity contribution >= 4 is 17.8 Å². The van der Waals surface area contributed by atoms with Gasteiger partial charge in [0.2, 0.25) is 0 Å². The van der Waals surface area contributed by atoms with Crippen LogP contribution in [-0.2, 0) is 17.5 Å². The molecule has 2 aromatic heterocycles. The van der Waals surface area contributed by atoms with Gasteiger partial charge in [0.05, 0.1) is 23.8 Å². The molecule has 0 radical (unpaired) electrons. The molecule has 218 valence electrons. The summed E-state index contributed by atoms with van der Waals surface area (Å²) in [6, 6.07) is 5.02. The number of ether oxygens (including phenoxy) is 1. The number of nitrogens with zero attached hydrogens (tertiary/aromatic N) is 5. The zero-order valence-corrected chi connectivity index (χ0v) is 23.2. The number of aromatic nitrogens is 4. The molecule has 1 saturated heterocycles. The van der Waals surface area contributed by atoms with Crippen molar-refractivity contribution in [3.8, 4) is 11.3 Å². The van der Waals surface area contributed by atoms with E-state index in [2.05, 4.69) is 5.10 Å². The molecule has 3 aliphatic rings. The summed E-state index contributed by atoms with van der Waals surface area (Å²) in [5, 5.41) is 9.19. The molecule has 4 atom stereocenters. The number of primary amides is 1. The molecule has 6 rings (SSSR count). The summed E-state index contributed by atoms with van der Waals surface area (Å²) in [6.45, 7) is 8.57. The van der Waals surface area contributed by atoms with Gasteiger partial charge < -0.3 is 21.1 Å². The molecule has 1 aliphatic heterocycles. The molecule has 1 aromatic carbocycles. The highest BCUT2D eigenvalue weighted by Gasteiger charge is 2.79. The van der Waals surface area contributed by atoms with Gasteiger partial charge in [-0.05, 0) is 63.6 Å². The first-order valence-electron chi connectivity index (χ1n) is 13.5. The predicted octanol–water partition coefficient (Wildman–Crippen LogP) is 4.23. The zero-order valence-electron chi connectivity index (χ0n) is 23.2. The smallest absolute Gasteiger partial charge is 0.416 e. The second-order valence-electron chi connectivity index (χ2n) is 12.4. The number of alkyl halides is 3. The van der Waals surface area contributed by atoms with Gasteiger partial charge in [-0.15, -0.1) is 0 Å². The Morgan fingerprint density at radius 3 is 2.56 bits per heavy atom. The van der Waals surface area contributed by atoms with Crippen molar-refractivity contribution in [3.05, 3.63) is 52.8 Å². The number of nitrogens with two attached hydrogens (primary N) is 2. The molecule has 4 N–H and O–H groups in total. The first-order valence-corrected chi connectivity index (χ1v) is 13.5. The topological polar surface area (TPSA) is 134 Å². The normalized spacial score (nSPS) is 25.0. The molecular weight excluding hydrogens is 539 g/mol. The molecule has 13 heteroatoms. The van der Waals surface area contributed by atoms with Crippen molar-refractivity contribution in [2.24, 2.45) is 23.0 Å². The van der Waals surface area contributed by atoms with Crippen molar-refractivity contribution in [1.82, 2.24) is 24.5 Å². The third-order valence-electron chi connectivity index (χ3n) is 8.59. The van der Waals surface area contributed by atoms with Crippen molar-refractivity contribution < 1.29 is 27.5 Å². The lowest BCUT2D eigenvalue weighted by atomic mass is 9.80. The van der Waals surface area contributed by atoms with Crippen molar-refractivity contribution in [2.75, 3.05) is 18.8 Å². The lowest BCUT2D eigenvalue weighted by molar-refractivity contribution is -0.137. The van der Waals surface area contributed by atoms with Crippen LogP contribution in [0.15, 0.2) is 30.5 Å². The van der Waals surface area contributed by atoms with Crippen LogP contribution in [0.4, 0.5) is 23.8 Å². The van der Waals surface area contributed by atoms with E-state index >= 15 is 0 Å². The molecule has 1 spiro atoms. The summed E-state index contributed by atoms with van der Waals surface area (Å²) in [7, 11) is 0. The van der Waals surface area contributed by atoms with Crippen LogP contribution in [0.1, 0.15) is 60.4 Å². The Bertz CT molecular complexity index is 1570. The van der Waals surface area contributed by atoms with E-state index in [1.165, 1.54) is 10.7 Å². The third-order valence-corrected chi connectivity index (χ3v) is 8.59. The second-order valence-corrected chi connectivity index (χ2v) is 12.4. The fraction of sp³-hybridized carbons (Fsp3) is 0.500. The molecule has 2 aliphatic carbocycles. The number of hydrogen-bond acceptors (Lipinski definition) is 6. The SMILES string of the molecule is Cc1nn(Cc2cccc(C(F)(F)F)c2)cc1-c1nn([C@@H]2C[C@]34CN(C(=O)OC(C)(C)C)CC3[C@H]24)c(N)c1C(N)=O. The Balaban J connectivity index is 1.23. The Morgan fingerprint density at radius 2 is 1.93 bits per heavy atom. The Hall–Kier alpha value is -4.03. The molecule has 3 heterocycles. The van der Waals surface area contributed by atoms with E-state index in [-0.39, 0.29) is 41.4 Å². The van der Waals surface area contributed by atoms with Gasteiger partial charge in [-0.2, -0.15) is 23.4 Å². The molecule has 2 amide bonds. The van der Waals surface area contributed by atoms with Gasteiger partial charge >= 0.3 is 12.3 Å². The number of benzene rings is 1. The highest BCUT2D eigenvalue weighted by Crippen LogP contribution is 2.79. The average molecular weight is 572 g/mol. The number of fused-ring (bicyclic) bond motifs is 1. The number of aryl methyl sites for hydroxylation is 1. The van der Waals surface area contributed by atoms with E-state index in [0.29, 0.717) is 41.5 Å². The molecule has 41 heavy (non-hydrogen) atoms. The van der Waals surface area contributed by atoms with E-state index in [0.717, 1.165) is 18.6 Å². The summed E-state index contributed by atoms with van der Waals surface area (Å²) in [6.07, 6.45) is -2.36. The van der Waals surface area contributed by atoms with Gasteiger partial charge in [0.1, 0.15) is 22.7 Å². The van der Waals surface area contributed by atoms with Crippen LogP contribution >= 0.6 is 0 Å². The van der Waals surface area contributed by atoms with E-state index in [9.17, 15) is 22.8 Å². The largest absolute Gasteiger partial charge is 0.444 e. The van der Waals surface area contributed by atoms with Crippen molar-refractivity contribution in [2.45, 2.75) is 58.5 Å². The highest BCUT2D eigenvalue weighted by molar-refractivity contribution is 6.03. The number of piperidine rings is 1. The van der Waals surface area contributed by atoms with Gasteiger partial charge in [-0.1, -0.05) is 12.1 Å². The number of anilines is 1. The standard InChI is InChI=1S/C28H32F3N7O3/c1-14-17(11-37(34-14)10-15-6-5-7-16(8-15)28(29,30)31)22-20(24(33)39)23(32)38(35-22)19-9-27-13-36(12-18(27)21(19)27)25(40)41-26(2,3)4/h5-8,11,18-19,21H,9-10,12-13,32H2,1-4H3,(H2,33,39)/t18?,19-,21-,27+/m1/s1. The number of hydrogen-bond donors (Lipinski definition) is 2. The van der Waals surface area contributed by atoms with Crippen LogP contribution in [0.25, 0.3) is 11.3 Å². The molecular formula is C28H32F3N7O3. The van der Waals surface area contributed by atoms with E-state index in [1.54, 1.807) is 28.8 Å². The summed E-state index contributed by atoms with van der Waals surface area (Å²) < 4.78 is 48.2. The number of halogens is 3. The summed E-state index contributed by atoms with van der Waals surface area (Å²) >= 11 is 0. The summed E-state index contributed by atoms with van der Waals surface area (Å²) in [5.74, 6) is 0.0315. The molecule has 2 saturated carbocycles. The molecule has 0 bridgehead atoms. The van der Waals surface area contributed by atoms with Gasteiger partial charge in [0, 0.05) is 30.3 Å².